The smallest absolute Gasteiger partial charge is 0.309 e. The van der Waals surface area contributed by atoms with Crippen molar-refractivity contribution < 1.29 is 31.8 Å². The topological polar surface area (TPSA) is 54.4 Å². The van der Waals surface area contributed by atoms with Crippen molar-refractivity contribution >= 4 is 26.0 Å². The van der Waals surface area contributed by atoms with Gasteiger partial charge in [-0.15, -0.1) is 21.3 Å². The van der Waals surface area contributed by atoms with E-state index in [-0.39, 0.29) is 24.2 Å². The van der Waals surface area contributed by atoms with Crippen molar-refractivity contribution in [1.29, 1.82) is 0 Å². The Balaban J connectivity index is 0. The Hall–Kier alpha value is 0.987. The average Bonchev–Trinajstić information content (AvgIpc) is 1.30. The van der Waals surface area contributed by atoms with Crippen molar-refractivity contribution in [2.75, 3.05) is 5.33 Å². The minimum atomic E-state index is -3.85. The number of hydrogen-bond donors (Lipinski definition) is 1. The normalized spacial score (nSPS) is 10.2. The van der Waals surface area contributed by atoms with Crippen LogP contribution in [0, 0.1) is 5.75 Å². The van der Waals surface area contributed by atoms with Crippen LogP contribution >= 0.6 is 15.9 Å². The zero-order valence-corrected chi connectivity index (χ0v) is 6.74. The second kappa shape index (κ2) is 4.83. The molecule has 0 aliphatic rings. The first-order valence-corrected chi connectivity index (χ1v) is 4.05. The van der Waals surface area contributed by atoms with E-state index in [2.05, 4.69) is 15.9 Å². The third kappa shape index (κ3) is 10.1. The van der Waals surface area contributed by atoms with Gasteiger partial charge < -0.3 is 4.55 Å². The van der Waals surface area contributed by atoms with E-state index in [9.17, 15) is 8.42 Å². The van der Waals surface area contributed by atoms with Crippen molar-refractivity contribution in [2.45, 2.75) is 0 Å². The summed E-state index contributed by atoms with van der Waals surface area (Å²) in [6.07, 6.45) is 0. The van der Waals surface area contributed by atoms with E-state index in [0.29, 0.717) is 0 Å². The second-order valence-corrected chi connectivity index (χ2v) is 2.85. The molecule has 3 nitrogen and oxygen atoms in total. The summed E-state index contributed by atoms with van der Waals surface area (Å²) < 4.78 is 27.3. The molecule has 0 aliphatic carbocycles. The van der Waals surface area contributed by atoms with Crippen molar-refractivity contribution in [3.8, 4) is 0 Å². The fourth-order valence-electron chi connectivity index (χ4n) is 0.0796. The first-order valence-electron chi connectivity index (χ1n) is 1.43. The molecule has 44 valence electrons. The van der Waals surface area contributed by atoms with Gasteiger partial charge in [0.1, 0.15) is 10.1 Å². The van der Waals surface area contributed by atoms with E-state index in [1.165, 1.54) is 0 Å². The van der Waals surface area contributed by atoms with Crippen molar-refractivity contribution in [3.05, 3.63) is 5.75 Å². The van der Waals surface area contributed by atoms with Gasteiger partial charge in [0.2, 0.25) is 0 Å². The van der Waals surface area contributed by atoms with Gasteiger partial charge in [-0.25, -0.2) is 8.42 Å². The second-order valence-electron chi connectivity index (χ2n) is 0.836. The molecule has 0 saturated heterocycles. The van der Waals surface area contributed by atoms with Crippen LogP contribution in [0.5, 0.6) is 0 Å². The molecular formula is C2H4BrLiO3S. The van der Waals surface area contributed by atoms with Gasteiger partial charge in [-0.05, 0) is 0 Å². The molecule has 0 amide bonds. The Morgan fingerprint density at radius 1 is 1.62 bits per heavy atom. The van der Waals surface area contributed by atoms with Gasteiger partial charge in [0.15, 0.2) is 0 Å². The van der Waals surface area contributed by atoms with E-state index in [0.717, 1.165) is 5.75 Å². The van der Waals surface area contributed by atoms with E-state index < -0.39 is 10.1 Å². The maximum Gasteiger partial charge on any atom is 1.00 e. The first-order chi connectivity index (χ1) is 3.06. The fraction of sp³-hybridized carbons (Fsp3) is 0.500. The van der Waals surface area contributed by atoms with Crippen LogP contribution in [0.25, 0.3) is 0 Å². The Kier molecular flexibility index (Phi) is 7.09. The van der Waals surface area contributed by atoms with Gasteiger partial charge in [0, 0.05) is 0 Å². The number of hydrogen-bond acceptors (Lipinski definition) is 2. The molecule has 0 fully saturated rings. The molecule has 0 rings (SSSR count). The van der Waals surface area contributed by atoms with E-state index >= 15 is 0 Å². The molecule has 0 saturated carbocycles. The molecule has 0 aromatic carbocycles. The molecule has 0 aromatic rings. The minimum Gasteiger partial charge on any atom is -0.309 e. The van der Waals surface area contributed by atoms with Gasteiger partial charge in [-0.3, -0.25) is 0 Å². The van der Waals surface area contributed by atoms with Crippen LogP contribution in [0.3, 0.4) is 0 Å². The van der Waals surface area contributed by atoms with Crippen LogP contribution in [-0.4, -0.2) is 18.3 Å². The largest absolute Gasteiger partial charge is 1.00 e. The quantitative estimate of drug-likeness (QED) is 0.228. The molecule has 0 atom stereocenters. The van der Waals surface area contributed by atoms with Gasteiger partial charge in [0.25, 0.3) is 0 Å². The molecule has 0 aromatic heterocycles. The van der Waals surface area contributed by atoms with Gasteiger partial charge in [0.05, 0.1) is 0 Å². The Morgan fingerprint density at radius 3 is 2.00 bits per heavy atom. The van der Waals surface area contributed by atoms with E-state index in [1.807, 2.05) is 0 Å². The Morgan fingerprint density at radius 2 is 2.00 bits per heavy atom. The zero-order valence-electron chi connectivity index (χ0n) is 4.33. The van der Waals surface area contributed by atoms with Gasteiger partial charge in [-0.1, -0.05) is 0 Å². The van der Waals surface area contributed by atoms with Crippen LogP contribution in [-0.2, 0) is 10.1 Å². The summed E-state index contributed by atoms with van der Waals surface area (Å²) in [5.41, 5.74) is 0. The summed E-state index contributed by atoms with van der Waals surface area (Å²) in [5.74, 6) is 0.757. The van der Waals surface area contributed by atoms with Crippen LogP contribution < -0.4 is 18.9 Å². The van der Waals surface area contributed by atoms with Crippen LogP contribution in [0.4, 0.5) is 0 Å². The molecule has 0 heterocycles. The summed E-state index contributed by atoms with van der Waals surface area (Å²) in [5, 5.41) is 0.159. The predicted octanol–water partition coefficient (Wildman–Crippen LogP) is -2.57. The summed E-state index contributed by atoms with van der Waals surface area (Å²) in [6, 6.07) is 0. The van der Waals surface area contributed by atoms with E-state index in [4.69, 9.17) is 4.55 Å². The number of halogens is 1. The third-order valence-electron chi connectivity index (χ3n) is 0.274. The van der Waals surface area contributed by atoms with Crippen molar-refractivity contribution in [3.63, 3.8) is 0 Å². The first kappa shape index (κ1) is 11.7. The summed E-state index contributed by atoms with van der Waals surface area (Å²) >= 11 is 2.79. The van der Waals surface area contributed by atoms with Crippen molar-refractivity contribution in [2.24, 2.45) is 0 Å². The predicted molar refractivity (Wildman–Crippen MR) is 29.6 cm³/mol. The van der Waals surface area contributed by atoms with Gasteiger partial charge >= 0.3 is 18.9 Å². The zero-order chi connectivity index (χ0) is 5.91. The molecule has 8 heavy (non-hydrogen) atoms. The van der Waals surface area contributed by atoms with Crippen molar-refractivity contribution in [1.82, 2.24) is 0 Å². The standard InChI is InChI=1S/C2H4BrO3S.Li/c3-1-2-7(4,5)6;/h2H,1H2,(H,4,5,6);/q-1;+1. The number of alkyl halides is 1. The minimum absolute atomic E-state index is 0. The average molecular weight is 195 g/mol. The molecule has 6 heteroatoms. The fourth-order valence-corrected chi connectivity index (χ4v) is 1.24. The Labute approximate surface area is 68.9 Å². The summed E-state index contributed by atoms with van der Waals surface area (Å²) in [7, 11) is -3.85. The molecule has 0 aliphatic heterocycles. The molecule has 0 radical (unpaired) electrons. The third-order valence-corrected chi connectivity index (χ3v) is 1.61. The molecule has 0 spiro atoms. The Bertz CT molecular complexity index is 130. The maximum absolute atomic E-state index is 9.70. The molecule has 1 N–H and O–H groups in total. The van der Waals surface area contributed by atoms with Crippen LogP contribution in [0.1, 0.15) is 0 Å². The summed E-state index contributed by atoms with van der Waals surface area (Å²) in [4.78, 5) is 0. The van der Waals surface area contributed by atoms with E-state index in [1.54, 1.807) is 0 Å². The number of rotatable bonds is 2. The molecular weight excluding hydrogens is 191 g/mol. The molecule has 0 bridgehead atoms. The van der Waals surface area contributed by atoms with Crippen LogP contribution in [0.15, 0.2) is 0 Å². The molecule has 0 unspecified atom stereocenters. The summed E-state index contributed by atoms with van der Waals surface area (Å²) in [6.45, 7) is 0. The van der Waals surface area contributed by atoms with Crippen LogP contribution in [0.2, 0.25) is 0 Å². The monoisotopic (exact) mass is 194 g/mol. The van der Waals surface area contributed by atoms with Gasteiger partial charge in [-0.2, -0.15) is 5.75 Å². The maximum atomic E-state index is 9.70. The SMILES string of the molecule is O=S(=O)(O)[CH-]CBr.[Li+].